The van der Waals surface area contributed by atoms with E-state index in [1.807, 2.05) is 0 Å². The molecule has 30 heavy (non-hydrogen) atoms. The largest absolute Gasteiger partial charge is 0.0558 e. The minimum atomic E-state index is 1.01. The summed E-state index contributed by atoms with van der Waals surface area (Å²) in [5.74, 6) is 0. The Morgan fingerprint density at radius 2 is 0.800 bits per heavy atom. The van der Waals surface area contributed by atoms with E-state index in [4.69, 9.17) is 0 Å². The topological polar surface area (TPSA) is 0 Å². The summed E-state index contributed by atoms with van der Waals surface area (Å²) in [7, 11) is 0. The first-order valence-corrected chi connectivity index (χ1v) is 11.3. The summed E-state index contributed by atoms with van der Waals surface area (Å²) in [4.78, 5) is 0. The van der Waals surface area contributed by atoms with Crippen molar-refractivity contribution in [2.45, 2.75) is 81.6 Å². The van der Waals surface area contributed by atoms with E-state index in [9.17, 15) is 0 Å². The lowest BCUT2D eigenvalue weighted by molar-refractivity contribution is 0.910. The molecule has 0 aliphatic rings. The molecule has 0 aromatic heterocycles. The van der Waals surface area contributed by atoms with Gasteiger partial charge < -0.3 is 0 Å². The van der Waals surface area contributed by atoms with Gasteiger partial charge in [0.05, 0.1) is 0 Å². The van der Waals surface area contributed by atoms with E-state index in [2.05, 4.69) is 92.6 Å². The van der Waals surface area contributed by atoms with E-state index in [1.165, 1.54) is 72.3 Å². The van der Waals surface area contributed by atoms with Crippen molar-refractivity contribution < 1.29 is 0 Å². The van der Waals surface area contributed by atoms with Gasteiger partial charge in [0.25, 0.3) is 0 Å². The minimum absolute atomic E-state index is 1.01. The summed E-state index contributed by atoms with van der Waals surface area (Å²) in [6.07, 6.45) is 3.25. The lowest BCUT2D eigenvalue weighted by Gasteiger charge is -2.17. The normalized spacial score (nSPS) is 11.2. The van der Waals surface area contributed by atoms with Crippen LogP contribution < -0.4 is 0 Å². The van der Waals surface area contributed by atoms with Crippen molar-refractivity contribution in [3.8, 4) is 0 Å². The minimum Gasteiger partial charge on any atom is -0.0558 e. The molecule has 0 nitrogen and oxygen atoms in total. The van der Waals surface area contributed by atoms with Gasteiger partial charge in [0.2, 0.25) is 0 Å². The van der Waals surface area contributed by atoms with Crippen LogP contribution in [0.25, 0.3) is 0 Å². The maximum Gasteiger partial charge on any atom is -0.00254 e. The molecule has 3 aromatic rings. The fraction of sp³-hybridized carbons (Fsp3) is 0.400. The van der Waals surface area contributed by atoms with Gasteiger partial charge in [-0.1, -0.05) is 30.3 Å². The van der Waals surface area contributed by atoms with Crippen molar-refractivity contribution in [1.82, 2.24) is 0 Å². The van der Waals surface area contributed by atoms with Crippen molar-refractivity contribution in [2.75, 3.05) is 0 Å². The van der Waals surface area contributed by atoms with E-state index in [0.29, 0.717) is 0 Å². The molecule has 0 spiro atoms. The molecule has 0 amide bonds. The van der Waals surface area contributed by atoms with Crippen LogP contribution in [0, 0.1) is 62.3 Å². The second-order valence-electron chi connectivity index (χ2n) is 9.48. The first kappa shape index (κ1) is 22.3. The lowest BCUT2D eigenvalue weighted by atomic mass is 9.88. The predicted molar refractivity (Wildman–Crippen MR) is 132 cm³/mol. The number of rotatable bonds is 5. The fourth-order valence-electron chi connectivity index (χ4n) is 5.02. The highest BCUT2D eigenvalue weighted by Gasteiger charge is 2.12. The standard InChI is InChI=1S/C30H38/c1-18-12-21(4)30(26(9)25(18)8)11-10-29-22(5)15-28(16-23(29)6)17-27-13-19(2)24(7)20(3)14-27/h12-16H,10-11,17H2,1-9H3. The van der Waals surface area contributed by atoms with Crippen LogP contribution in [0.15, 0.2) is 30.3 Å². The summed E-state index contributed by atoms with van der Waals surface area (Å²) >= 11 is 0. The predicted octanol–water partition coefficient (Wildman–Crippen LogP) is 7.84. The van der Waals surface area contributed by atoms with Crippen LogP contribution in [0.2, 0.25) is 0 Å². The average Bonchev–Trinajstić information content (AvgIpc) is 2.66. The monoisotopic (exact) mass is 398 g/mol. The second-order valence-corrected chi connectivity index (χ2v) is 9.48. The van der Waals surface area contributed by atoms with Crippen LogP contribution in [0.4, 0.5) is 0 Å². The fourth-order valence-corrected chi connectivity index (χ4v) is 5.02. The molecule has 0 aliphatic carbocycles. The highest BCUT2D eigenvalue weighted by Crippen LogP contribution is 2.26. The molecular weight excluding hydrogens is 360 g/mol. The third-order valence-electron chi connectivity index (χ3n) is 7.29. The molecule has 0 heterocycles. The average molecular weight is 399 g/mol. The van der Waals surface area contributed by atoms with Crippen LogP contribution in [0.1, 0.15) is 72.3 Å². The Hall–Kier alpha value is -2.34. The molecule has 0 unspecified atom stereocenters. The summed E-state index contributed by atoms with van der Waals surface area (Å²) in [6, 6.07) is 11.9. The van der Waals surface area contributed by atoms with Gasteiger partial charge >= 0.3 is 0 Å². The summed E-state index contributed by atoms with van der Waals surface area (Å²) in [5, 5.41) is 0. The Balaban J connectivity index is 1.83. The van der Waals surface area contributed by atoms with Gasteiger partial charge in [0.1, 0.15) is 0 Å². The Labute approximate surface area is 184 Å². The third kappa shape index (κ3) is 4.53. The number of aryl methyl sites for hydroxylation is 6. The first-order chi connectivity index (χ1) is 14.1. The van der Waals surface area contributed by atoms with E-state index in [0.717, 1.165) is 19.3 Å². The molecule has 0 aliphatic heterocycles. The zero-order chi connectivity index (χ0) is 22.2. The number of benzene rings is 3. The maximum absolute atomic E-state index is 2.41. The molecule has 0 N–H and O–H groups in total. The Morgan fingerprint density at radius 3 is 1.33 bits per heavy atom. The molecule has 0 atom stereocenters. The highest BCUT2D eigenvalue weighted by atomic mass is 14.2. The molecule has 0 saturated carbocycles. The molecule has 3 rings (SSSR count). The van der Waals surface area contributed by atoms with E-state index < -0.39 is 0 Å². The van der Waals surface area contributed by atoms with E-state index in [-0.39, 0.29) is 0 Å². The SMILES string of the molecule is Cc1cc(Cc2cc(C)c(CCc3c(C)cc(C)c(C)c3C)c(C)c2)cc(C)c1C. The molecule has 0 radical (unpaired) electrons. The Morgan fingerprint density at radius 1 is 0.400 bits per heavy atom. The van der Waals surface area contributed by atoms with Crippen molar-refractivity contribution >= 4 is 0 Å². The van der Waals surface area contributed by atoms with Gasteiger partial charge in [-0.3, -0.25) is 0 Å². The van der Waals surface area contributed by atoms with Crippen LogP contribution in [0.3, 0.4) is 0 Å². The maximum atomic E-state index is 2.41. The number of hydrogen-bond acceptors (Lipinski definition) is 0. The van der Waals surface area contributed by atoms with E-state index >= 15 is 0 Å². The van der Waals surface area contributed by atoms with Crippen LogP contribution >= 0.6 is 0 Å². The highest BCUT2D eigenvalue weighted by molar-refractivity contribution is 5.46. The zero-order valence-electron chi connectivity index (χ0n) is 20.5. The Bertz CT molecular complexity index is 1050. The van der Waals surface area contributed by atoms with Gasteiger partial charge in [-0.2, -0.15) is 0 Å². The molecular formula is C30H38. The van der Waals surface area contributed by atoms with Crippen molar-refractivity contribution in [3.05, 3.63) is 103 Å². The van der Waals surface area contributed by atoms with Crippen LogP contribution in [-0.4, -0.2) is 0 Å². The Kier molecular flexibility index (Phi) is 6.56. The zero-order valence-corrected chi connectivity index (χ0v) is 20.5. The number of hydrogen-bond donors (Lipinski definition) is 0. The third-order valence-corrected chi connectivity index (χ3v) is 7.29. The molecule has 158 valence electrons. The van der Waals surface area contributed by atoms with Crippen molar-refractivity contribution in [3.63, 3.8) is 0 Å². The summed E-state index contributed by atoms with van der Waals surface area (Å²) < 4.78 is 0. The van der Waals surface area contributed by atoms with Crippen molar-refractivity contribution in [1.29, 1.82) is 0 Å². The van der Waals surface area contributed by atoms with Gasteiger partial charge in [0, 0.05) is 0 Å². The van der Waals surface area contributed by atoms with Crippen LogP contribution in [-0.2, 0) is 19.3 Å². The van der Waals surface area contributed by atoms with Crippen molar-refractivity contribution in [2.24, 2.45) is 0 Å². The molecule has 0 fully saturated rings. The summed E-state index contributed by atoms with van der Waals surface area (Å²) in [5.41, 5.74) is 18.8. The van der Waals surface area contributed by atoms with E-state index in [1.54, 1.807) is 0 Å². The first-order valence-electron chi connectivity index (χ1n) is 11.3. The van der Waals surface area contributed by atoms with Gasteiger partial charge in [0.15, 0.2) is 0 Å². The molecule has 0 bridgehead atoms. The van der Waals surface area contributed by atoms with Gasteiger partial charge in [-0.15, -0.1) is 0 Å². The quantitative estimate of drug-likeness (QED) is 0.410. The summed E-state index contributed by atoms with van der Waals surface area (Å²) in [6.45, 7) is 20.3. The lowest BCUT2D eigenvalue weighted by Crippen LogP contribution is -2.04. The van der Waals surface area contributed by atoms with Gasteiger partial charge in [-0.05, 0) is 154 Å². The molecule has 0 saturated heterocycles. The second kappa shape index (κ2) is 8.80. The smallest absolute Gasteiger partial charge is 0.00254 e. The molecule has 0 heteroatoms. The van der Waals surface area contributed by atoms with Crippen LogP contribution in [0.5, 0.6) is 0 Å². The molecule has 3 aromatic carbocycles. The van der Waals surface area contributed by atoms with Gasteiger partial charge in [-0.25, -0.2) is 0 Å².